The molecule has 4 nitrogen and oxygen atoms in total. The summed E-state index contributed by atoms with van der Waals surface area (Å²) in [5.41, 5.74) is 0. The molecule has 0 bridgehead atoms. The van der Waals surface area contributed by atoms with Crippen LogP contribution >= 0.6 is 22.6 Å². The van der Waals surface area contributed by atoms with E-state index in [0.717, 1.165) is 18.7 Å². The fourth-order valence-electron chi connectivity index (χ4n) is 1.34. The maximum atomic E-state index is 11.1. The van der Waals surface area contributed by atoms with E-state index in [-0.39, 0.29) is 9.89 Å². The molecule has 1 atom stereocenters. The average Bonchev–Trinajstić information content (AvgIpc) is 2.42. The van der Waals surface area contributed by atoms with E-state index in [1.54, 1.807) is 0 Å². The van der Waals surface area contributed by atoms with Crippen molar-refractivity contribution < 1.29 is 14.3 Å². The Morgan fingerprint density at radius 3 is 2.78 bits per heavy atom. The zero-order valence-corrected chi connectivity index (χ0v) is 12.6. The lowest BCUT2D eigenvalue weighted by molar-refractivity contribution is -0.139. The highest BCUT2D eigenvalue weighted by molar-refractivity contribution is 14.1. The van der Waals surface area contributed by atoms with Crippen molar-refractivity contribution in [1.82, 2.24) is 5.32 Å². The maximum Gasteiger partial charge on any atom is 0.319 e. The molecule has 0 aliphatic heterocycles. The highest BCUT2D eigenvalue weighted by Crippen LogP contribution is 2.08. The number of hydrogen-bond donors (Lipinski definition) is 1. The molecule has 0 spiro atoms. The van der Waals surface area contributed by atoms with Crippen LogP contribution in [-0.4, -0.2) is 36.7 Å². The second-order valence-electron chi connectivity index (χ2n) is 3.71. The first-order valence-corrected chi connectivity index (χ1v) is 7.09. The van der Waals surface area contributed by atoms with E-state index >= 15 is 0 Å². The molecule has 1 aromatic rings. The summed E-state index contributed by atoms with van der Waals surface area (Å²) in [6, 6.07) is 9.73. The third kappa shape index (κ3) is 6.20. The van der Waals surface area contributed by atoms with Gasteiger partial charge in [0.15, 0.2) is 0 Å². The zero-order chi connectivity index (χ0) is 13.2. The highest BCUT2D eigenvalue weighted by atomic mass is 127. The molecule has 1 N–H and O–H groups in total. The molecule has 0 saturated heterocycles. The molecule has 0 aliphatic carbocycles. The lowest BCUT2D eigenvalue weighted by Gasteiger charge is -2.09. The summed E-state index contributed by atoms with van der Waals surface area (Å²) in [5.74, 6) is 0.697. The topological polar surface area (TPSA) is 47.6 Å². The van der Waals surface area contributed by atoms with Gasteiger partial charge in [0, 0.05) is 6.54 Å². The number of hydrogen-bond acceptors (Lipinski definition) is 4. The number of rotatable bonds is 8. The number of benzene rings is 1. The predicted octanol–water partition coefficient (Wildman–Crippen LogP) is 2.02. The summed E-state index contributed by atoms with van der Waals surface area (Å²) in [5, 5.41) is 3.20. The lowest BCUT2D eigenvalue weighted by atomic mass is 10.3. The van der Waals surface area contributed by atoms with Gasteiger partial charge in [-0.2, -0.15) is 0 Å². The van der Waals surface area contributed by atoms with Crippen LogP contribution in [0.25, 0.3) is 0 Å². The second-order valence-corrected chi connectivity index (χ2v) is 5.21. The third-order valence-corrected chi connectivity index (χ3v) is 3.24. The van der Waals surface area contributed by atoms with Gasteiger partial charge < -0.3 is 14.8 Å². The minimum absolute atomic E-state index is 0.136. The van der Waals surface area contributed by atoms with Crippen molar-refractivity contribution in [1.29, 1.82) is 0 Å². The molecule has 0 amide bonds. The number of ether oxygens (including phenoxy) is 2. The maximum absolute atomic E-state index is 11.1. The highest BCUT2D eigenvalue weighted by Gasteiger charge is 2.13. The van der Waals surface area contributed by atoms with Crippen LogP contribution in [0.5, 0.6) is 5.75 Å². The Morgan fingerprint density at radius 1 is 1.39 bits per heavy atom. The van der Waals surface area contributed by atoms with Gasteiger partial charge in [-0.05, 0) is 25.1 Å². The first-order valence-electron chi connectivity index (χ1n) is 5.84. The van der Waals surface area contributed by atoms with E-state index in [4.69, 9.17) is 4.74 Å². The number of para-hydroxylation sites is 1. The molecule has 0 aromatic heterocycles. The number of halogens is 1. The summed E-state index contributed by atoms with van der Waals surface area (Å²) in [6.45, 7) is 2.11. The van der Waals surface area contributed by atoms with Gasteiger partial charge >= 0.3 is 5.97 Å². The SMILES string of the molecule is COC(=O)C(I)CNCCCOc1ccccc1. The fraction of sp³-hybridized carbons (Fsp3) is 0.462. The van der Waals surface area contributed by atoms with Crippen LogP contribution in [0.2, 0.25) is 0 Å². The Kier molecular flexibility index (Phi) is 7.75. The Morgan fingerprint density at radius 2 is 2.11 bits per heavy atom. The minimum atomic E-state index is -0.191. The van der Waals surface area contributed by atoms with Crippen molar-refractivity contribution in [3.05, 3.63) is 30.3 Å². The quantitative estimate of drug-likeness (QED) is 0.332. The molecule has 0 heterocycles. The van der Waals surface area contributed by atoms with Crippen molar-refractivity contribution in [2.45, 2.75) is 10.3 Å². The van der Waals surface area contributed by atoms with E-state index in [2.05, 4.69) is 32.6 Å². The van der Waals surface area contributed by atoms with Crippen molar-refractivity contribution in [2.75, 3.05) is 26.8 Å². The van der Waals surface area contributed by atoms with E-state index in [1.165, 1.54) is 7.11 Å². The van der Waals surface area contributed by atoms with E-state index < -0.39 is 0 Å². The van der Waals surface area contributed by atoms with Crippen LogP contribution in [0.1, 0.15) is 6.42 Å². The van der Waals surface area contributed by atoms with Gasteiger partial charge in [-0.15, -0.1) is 0 Å². The van der Waals surface area contributed by atoms with Gasteiger partial charge in [-0.3, -0.25) is 4.79 Å². The molecule has 1 unspecified atom stereocenters. The number of nitrogens with one attached hydrogen (secondary N) is 1. The van der Waals surface area contributed by atoms with Gasteiger partial charge in [-0.1, -0.05) is 40.8 Å². The Balaban J connectivity index is 2.01. The number of esters is 1. The van der Waals surface area contributed by atoms with Crippen LogP contribution < -0.4 is 10.1 Å². The fourth-order valence-corrected chi connectivity index (χ4v) is 1.91. The first-order chi connectivity index (χ1) is 8.74. The van der Waals surface area contributed by atoms with Gasteiger partial charge in [0.25, 0.3) is 0 Å². The summed E-state index contributed by atoms with van der Waals surface area (Å²) >= 11 is 2.07. The van der Waals surface area contributed by atoms with Gasteiger partial charge in [-0.25, -0.2) is 0 Å². The normalized spacial score (nSPS) is 11.9. The van der Waals surface area contributed by atoms with Crippen molar-refractivity contribution >= 4 is 28.6 Å². The van der Waals surface area contributed by atoms with Crippen LogP contribution in [-0.2, 0) is 9.53 Å². The van der Waals surface area contributed by atoms with Crippen LogP contribution in [0, 0.1) is 0 Å². The Hall–Kier alpha value is -0.820. The van der Waals surface area contributed by atoms with Crippen molar-refractivity contribution in [3.8, 4) is 5.75 Å². The first kappa shape index (κ1) is 15.2. The second kappa shape index (κ2) is 9.16. The molecule has 5 heteroatoms. The average molecular weight is 363 g/mol. The summed E-state index contributed by atoms with van der Waals surface area (Å²) in [7, 11) is 1.40. The molecule has 0 saturated carbocycles. The smallest absolute Gasteiger partial charge is 0.319 e. The van der Waals surface area contributed by atoms with E-state index in [1.807, 2.05) is 30.3 Å². The van der Waals surface area contributed by atoms with Gasteiger partial charge in [0.2, 0.25) is 0 Å². The summed E-state index contributed by atoms with van der Waals surface area (Å²) < 4.78 is 10.0. The molecule has 0 radical (unpaired) electrons. The predicted molar refractivity (Wildman–Crippen MR) is 79.2 cm³/mol. The monoisotopic (exact) mass is 363 g/mol. The molecule has 100 valence electrons. The largest absolute Gasteiger partial charge is 0.494 e. The van der Waals surface area contributed by atoms with Crippen LogP contribution in [0.3, 0.4) is 0 Å². The van der Waals surface area contributed by atoms with Crippen molar-refractivity contribution in [3.63, 3.8) is 0 Å². The third-order valence-electron chi connectivity index (χ3n) is 2.29. The van der Waals surface area contributed by atoms with Crippen LogP contribution in [0.4, 0.5) is 0 Å². The number of carbonyl (C=O) groups is 1. The van der Waals surface area contributed by atoms with E-state index in [0.29, 0.717) is 13.2 Å². The van der Waals surface area contributed by atoms with Crippen LogP contribution in [0.15, 0.2) is 30.3 Å². The molecule has 1 aromatic carbocycles. The number of alkyl halides is 1. The molecule has 1 rings (SSSR count). The zero-order valence-electron chi connectivity index (χ0n) is 10.4. The van der Waals surface area contributed by atoms with E-state index in [9.17, 15) is 4.79 Å². The molecular formula is C13H18INO3. The van der Waals surface area contributed by atoms with Crippen molar-refractivity contribution in [2.24, 2.45) is 0 Å². The molecule has 0 aliphatic rings. The number of carbonyl (C=O) groups excluding carboxylic acids is 1. The Labute approximate surface area is 121 Å². The molecular weight excluding hydrogens is 345 g/mol. The van der Waals surface area contributed by atoms with Gasteiger partial charge in [0.1, 0.15) is 9.67 Å². The lowest BCUT2D eigenvalue weighted by Crippen LogP contribution is -2.30. The minimum Gasteiger partial charge on any atom is -0.494 e. The van der Waals surface area contributed by atoms with Gasteiger partial charge in [0.05, 0.1) is 13.7 Å². The summed E-state index contributed by atoms with van der Waals surface area (Å²) in [4.78, 5) is 11.1. The summed E-state index contributed by atoms with van der Waals surface area (Å²) in [6.07, 6.45) is 0.902. The standard InChI is InChI=1S/C13H18INO3/c1-17-13(16)12(14)10-15-8-5-9-18-11-6-3-2-4-7-11/h2-4,6-7,12,15H,5,8-10H2,1H3. The molecule has 0 fully saturated rings. The Bertz CT molecular complexity index is 345. The number of methoxy groups -OCH3 is 1. The molecule has 18 heavy (non-hydrogen) atoms.